The molecule has 2 heterocycles. The molecule has 1 aliphatic carbocycles. The molecule has 0 spiro atoms. The molecule has 2 aliphatic rings. The van der Waals surface area contributed by atoms with E-state index in [-0.39, 0.29) is 6.42 Å². The number of aromatic nitrogens is 2. The first-order valence-corrected chi connectivity index (χ1v) is 12.3. The van der Waals surface area contributed by atoms with Crippen molar-refractivity contribution in [2.45, 2.75) is 37.0 Å². The van der Waals surface area contributed by atoms with Gasteiger partial charge in [0.25, 0.3) is 0 Å². The van der Waals surface area contributed by atoms with Crippen LogP contribution in [0.4, 0.5) is 6.01 Å². The van der Waals surface area contributed by atoms with Gasteiger partial charge < -0.3 is 19.0 Å². The Balaban J connectivity index is 1.17. The van der Waals surface area contributed by atoms with Crippen LogP contribution < -0.4 is 9.64 Å². The van der Waals surface area contributed by atoms with Crippen LogP contribution in [0.5, 0.6) is 5.75 Å². The zero-order valence-corrected chi connectivity index (χ0v) is 17.9. The quantitative estimate of drug-likeness (QED) is 0.556. The average molecular weight is 434 g/mol. The maximum atomic E-state index is 11.5. The first kappa shape index (κ1) is 20.8. The minimum atomic E-state index is -3.17. The van der Waals surface area contributed by atoms with Crippen molar-refractivity contribution in [1.82, 2.24) is 10.1 Å². The molecule has 1 aromatic carbocycles. The number of rotatable bonds is 9. The molecule has 1 saturated heterocycles. The lowest BCUT2D eigenvalue weighted by atomic mass is 9.90. The van der Waals surface area contributed by atoms with E-state index in [0.717, 1.165) is 50.5 Å². The molecule has 2 unspecified atom stereocenters. The second-order valence-electron chi connectivity index (χ2n) is 8.23. The van der Waals surface area contributed by atoms with Crippen LogP contribution in [0.3, 0.4) is 0 Å². The Morgan fingerprint density at radius 2 is 1.97 bits per heavy atom. The van der Waals surface area contributed by atoms with Crippen molar-refractivity contribution < 1.29 is 22.5 Å². The molecular formula is C21H27N3O5S. The summed E-state index contributed by atoms with van der Waals surface area (Å²) in [6.45, 7) is 2.46. The predicted molar refractivity (Wildman–Crippen MR) is 110 cm³/mol. The van der Waals surface area contributed by atoms with Crippen LogP contribution in [0.2, 0.25) is 0 Å². The SMILES string of the molecule is CS(=O)(=O)c1ccc(OCCC2CC2C2CCN(c3nc(CC=O)no3)CC2)cc1. The van der Waals surface area contributed by atoms with Crippen molar-refractivity contribution in [1.29, 1.82) is 0 Å². The Labute approximate surface area is 176 Å². The number of aldehydes is 1. The van der Waals surface area contributed by atoms with E-state index in [2.05, 4.69) is 15.0 Å². The first-order chi connectivity index (χ1) is 14.4. The summed E-state index contributed by atoms with van der Waals surface area (Å²) in [5.74, 6) is 3.34. The lowest BCUT2D eigenvalue weighted by Crippen LogP contribution is -2.34. The van der Waals surface area contributed by atoms with Gasteiger partial charge in [-0.15, -0.1) is 0 Å². The molecule has 8 nitrogen and oxygen atoms in total. The Bertz CT molecular complexity index is 965. The maximum Gasteiger partial charge on any atom is 0.324 e. The monoisotopic (exact) mass is 433 g/mol. The molecule has 0 bridgehead atoms. The summed E-state index contributed by atoms with van der Waals surface area (Å²) in [4.78, 5) is 17.3. The molecule has 0 radical (unpaired) electrons. The molecular weight excluding hydrogens is 406 g/mol. The molecule has 4 rings (SSSR count). The maximum absolute atomic E-state index is 11.5. The van der Waals surface area contributed by atoms with E-state index in [0.29, 0.717) is 35.0 Å². The standard InChI is InChI=1S/C21H27N3O5S/c1-30(26,27)18-4-2-17(3-5-18)28-13-9-16-14-19(16)15-6-10-24(11-7-15)21-22-20(8-12-25)23-29-21/h2-5,12,15-16,19H,6-11,13-14H2,1H3. The number of nitrogens with zero attached hydrogens (tertiary/aromatic N) is 3. The van der Waals surface area contributed by atoms with Gasteiger partial charge >= 0.3 is 6.01 Å². The summed E-state index contributed by atoms with van der Waals surface area (Å²) >= 11 is 0. The minimum Gasteiger partial charge on any atom is -0.494 e. The average Bonchev–Trinajstić information content (AvgIpc) is 3.35. The van der Waals surface area contributed by atoms with Crippen molar-refractivity contribution in [2.75, 3.05) is 30.9 Å². The summed E-state index contributed by atoms with van der Waals surface area (Å²) in [5.41, 5.74) is 0. The van der Waals surface area contributed by atoms with E-state index in [9.17, 15) is 13.2 Å². The number of hydrogen-bond acceptors (Lipinski definition) is 8. The smallest absolute Gasteiger partial charge is 0.324 e. The number of sulfone groups is 1. The molecule has 1 aliphatic heterocycles. The van der Waals surface area contributed by atoms with E-state index in [1.165, 1.54) is 12.7 Å². The number of hydrogen-bond donors (Lipinski definition) is 0. The summed E-state index contributed by atoms with van der Waals surface area (Å²) in [7, 11) is -3.17. The largest absolute Gasteiger partial charge is 0.494 e. The molecule has 9 heteroatoms. The lowest BCUT2D eigenvalue weighted by Gasteiger charge is -2.30. The van der Waals surface area contributed by atoms with Crippen LogP contribution in [0.15, 0.2) is 33.7 Å². The van der Waals surface area contributed by atoms with Gasteiger partial charge in [-0.3, -0.25) is 0 Å². The van der Waals surface area contributed by atoms with Crippen molar-refractivity contribution in [2.24, 2.45) is 17.8 Å². The third-order valence-corrected chi connectivity index (χ3v) is 7.25. The van der Waals surface area contributed by atoms with E-state index in [1.54, 1.807) is 24.3 Å². The van der Waals surface area contributed by atoms with Crippen LogP contribution in [0, 0.1) is 17.8 Å². The minimum absolute atomic E-state index is 0.188. The second-order valence-corrected chi connectivity index (χ2v) is 10.2. The number of carbonyl (C=O) groups excluding carboxylic acids is 1. The molecule has 1 aromatic heterocycles. The highest BCUT2D eigenvalue weighted by atomic mass is 32.2. The fourth-order valence-corrected chi connectivity index (χ4v) is 4.97. The lowest BCUT2D eigenvalue weighted by molar-refractivity contribution is -0.107. The highest BCUT2D eigenvalue weighted by molar-refractivity contribution is 7.90. The molecule has 162 valence electrons. The molecule has 0 N–H and O–H groups in total. The van der Waals surface area contributed by atoms with Gasteiger partial charge in [-0.05, 0) is 67.7 Å². The highest BCUT2D eigenvalue weighted by Crippen LogP contribution is 2.49. The highest BCUT2D eigenvalue weighted by Gasteiger charge is 2.43. The molecule has 2 atom stereocenters. The van der Waals surface area contributed by atoms with Crippen LogP contribution in [-0.2, 0) is 21.1 Å². The van der Waals surface area contributed by atoms with Crippen molar-refractivity contribution >= 4 is 22.1 Å². The zero-order chi connectivity index (χ0) is 21.1. The third kappa shape index (κ3) is 5.00. The molecule has 1 saturated carbocycles. The van der Waals surface area contributed by atoms with E-state index in [4.69, 9.17) is 9.26 Å². The predicted octanol–water partition coefficient (Wildman–Crippen LogP) is 2.54. The van der Waals surface area contributed by atoms with Gasteiger partial charge in [0, 0.05) is 19.3 Å². The number of piperidine rings is 1. The van der Waals surface area contributed by atoms with Gasteiger partial charge in [-0.2, -0.15) is 4.98 Å². The molecule has 30 heavy (non-hydrogen) atoms. The van der Waals surface area contributed by atoms with E-state index < -0.39 is 9.84 Å². The van der Waals surface area contributed by atoms with Crippen LogP contribution >= 0.6 is 0 Å². The Morgan fingerprint density at radius 1 is 1.23 bits per heavy atom. The number of ether oxygens (including phenoxy) is 1. The van der Waals surface area contributed by atoms with Gasteiger partial charge in [0.05, 0.1) is 17.9 Å². The Kier molecular flexibility index (Phi) is 6.08. The first-order valence-electron chi connectivity index (χ1n) is 10.4. The molecule has 2 fully saturated rings. The molecule has 0 amide bonds. The van der Waals surface area contributed by atoms with Gasteiger partial charge in [-0.1, -0.05) is 5.16 Å². The van der Waals surface area contributed by atoms with Gasteiger partial charge in [0.1, 0.15) is 12.0 Å². The third-order valence-electron chi connectivity index (χ3n) is 6.13. The summed E-state index contributed by atoms with van der Waals surface area (Å²) < 4.78 is 34.1. The van der Waals surface area contributed by atoms with Crippen LogP contribution in [0.1, 0.15) is 31.5 Å². The van der Waals surface area contributed by atoms with Gasteiger partial charge in [-0.25, -0.2) is 8.42 Å². The topological polar surface area (TPSA) is 103 Å². The van der Waals surface area contributed by atoms with Crippen LogP contribution in [-0.4, -0.2) is 50.8 Å². The van der Waals surface area contributed by atoms with Gasteiger partial charge in [0.15, 0.2) is 15.7 Å². The zero-order valence-electron chi connectivity index (χ0n) is 17.1. The number of anilines is 1. The van der Waals surface area contributed by atoms with E-state index in [1.807, 2.05) is 0 Å². The summed E-state index contributed by atoms with van der Waals surface area (Å²) in [6, 6.07) is 7.13. The second kappa shape index (κ2) is 8.75. The van der Waals surface area contributed by atoms with Crippen LogP contribution in [0.25, 0.3) is 0 Å². The van der Waals surface area contributed by atoms with Gasteiger partial charge in [0.2, 0.25) is 0 Å². The normalized spacial score (nSPS) is 22.1. The van der Waals surface area contributed by atoms with Crippen molar-refractivity contribution in [3.05, 3.63) is 30.1 Å². The van der Waals surface area contributed by atoms with E-state index >= 15 is 0 Å². The number of benzene rings is 1. The fraction of sp³-hybridized carbons (Fsp3) is 0.571. The molecule has 2 aromatic rings. The summed E-state index contributed by atoms with van der Waals surface area (Å²) in [5, 5.41) is 3.83. The Morgan fingerprint density at radius 3 is 2.63 bits per heavy atom. The fourth-order valence-electron chi connectivity index (χ4n) is 4.34. The summed E-state index contributed by atoms with van der Waals surface area (Å²) in [6.07, 6.45) is 6.67. The van der Waals surface area contributed by atoms with Crippen molar-refractivity contribution in [3.63, 3.8) is 0 Å². The number of carbonyl (C=O) groups is 1. The van der Waals surface area contributed by atoms with Crippen molar-refractivity contribution in [3.8, 4) is 5.75 Å². The Hall–Kier alpha value is -2.42.